The summed E-state index contributed by atoms with van der Waals surface area (Å²) in [6.45, 7) is -0.0638. The van der Waals surface area contributed by atoms with Gasteiger partial charge in [0.1, 0.15) is 5.15 Å². The van der Waals surface area contributed by atoms with Crippen LogP contribution in [0, 0.1) is 0 Å². The Bertz CT molecular complexity index is 692. The van der Waals surface area contributed by atoms with Gasteiger partial charge >= 0.3 is 0 Å². The van der Waals surface area contributed by atoms with Crippen LogP contribution >= 0.6 is 11.6 Å². The van der Waals surface area contributed by atoms with E-state index >= 15 is 0 Å². The summed E-state index contributed by atoms with van der Waals surface area (Å²) in [5.41, 5.74) is 0.842. The summed E-state index contributed by atoms with van der Waals surface area (Å²) < 4.78 is 26.4. The number of aliphatic hydroxyl groups is 1. The van der Waals surface area contributed by atoms with Gasteiger partial charge < -0.3 is 5.11 Å². The first-order chi connectivity index (χ1) is 10.0. The van der Waals surface area contributed by atoms with E-state index in [0.717, 1.165) is 5.56 Å². The Labute approximate surface area is 128 Å². The van der Waals surface area contributed by atoms with Gasteiger partial charge in [0.25, 0.3) is 0 Å². The average Bonchev–Trinajstić information content (AvgIpc) is 2.48. The van der Waals surface area contributed by atoms with Crippen LogP contribution in [0.5, 0.6) is 0 Å². The van der Waals surface area contributed by atoms with Crippen molar-refractivity contribution in [2.75, 3.05) is 13.2 Å². The molecule has 0 aliphatic rings. The molecular formula is C14H15ClN2O3S. The summed E-state index contributed by atoms with van der Waals surface area (Å²) in [5.74, 6) is 0. The number of benzene rings is 1. The zero-order chi connectivity index (χ0) is 15.3. The molecule has 2 rings (SSSR count). The highest BCUT2D eigenvalue weighted by Crippen LogP contribution is 2.19. The maximum absolute atomic E-state index is 12.6. The molecule has 0 aliphatic heterocycles. The Balaban J connectivity index is 2.32. The van der Waals surface area contributed by atoms with Crippen molar-refractivity contribution in [3.8, 4) is 0 Å². The highest BCUT2D eigenvalue weighted by atomic mass is 35.5. The number of halogens is 1. The molecule has 0 bridgehead atoms. The lowest BCUT2D eigenvalue weighted by atomic mass is 10.2. The molecule has 0 radical (unpaired) electrons. The van der Waals surface area contributed by atoms with Crippen LogP contribution in [0.2, 0.25) is 5.15 Å². The molecule has 0 saturated carbocycles. The van der Waals surface area contributed by atoms with E-state index in [4.69, 9.17) is 16.7 Å². The van der Waals surface area contributed by atoms with E-state index in [0.29, 0.717) is 0 Å². The lowest BCUT2D eigenvalue weighted by molar-refractivity contribution is 0.251. The second-order valence-corrected chi connectivity index (χ2v) is 6.69. The van der Waals surface area contributed by atoms with Gasteiger partial charge in [-0.25, -0.2) is 13.4 Å². The van der Waals surface area contributed by atoms with Crippen molar-refractivity contribution in [2.24, 2.45) is 0 Å². The van der Waals surface area contributed by atoms with Crippen LogP contribution in [0.1, 0.15) is 5.56 Å². The van der Waals surface area contributed by atoms with Gasteiger partial charge in [-0.1, -0.05) is 41.9 Å². The minimum Gasteiger partial charge on any atom is -0.395 e. The van der Waals surface area contributed by atoms with E-state index < -0.39 is 10.0 Å². The van der Waals surface area contributed by atoms with Gasteiger partial charge in [-0.3, -0.25) is 0 Å². The van der Waals surface area contributed by atoms with Crippen molar-refractivity contribution < 1.29 is 13.5 Å². The van der Waals surface area contributed by atoms with Crippen LogP contribution in [0.15, 0.2) is 53.6 Å². The molecule has 0 aliphatic carbocycles. The zero-order valence-corrected chi connectivity index (χ0v) is 12.8. The molecule has 7 heteroatoms. The highest BCUT2D eigenvalue weighted by Gasteiger charge is 2.24. The summed E-state index contributed by atoms with van der Waals surface area (Å²) >= 11 is 5.75. The Hall–Kier alpha value is -1.47. The van der Waals surface area contributed by atoms with Crippen molar-refractivity contribution in [1.82, 2.24) is 9.29 Å². The molecule has 0 saturated heterocycles. The normalized spacial score (nSPS) is 11.8. The Morgan fingerprint density at radius 2 is 1.90 bits per heavy atom. The van der Waals surface area contributed by atoms with Crippen molar-refractivity contribution >= 4 is 21.6 Å². The topological polar surface area (TPSA) is 70.5 Å². The third-order valence-electron chi connectivity index (χ3n) is 2.89. The summed E-state index contributed by atoms with van der Waals surface area (Å²) in [6, 6.07) is 11.9. The molecule has 0 amide bonds. The van der Waals surface area contributed by atoms with E-state index in [1.165, 1.54) is 22.6 Å². The zero-order valence-electron chi connectivity index (χ0n) is 11.2. The lowest BCUT2D eigenvalue weighted by Crippen LogP contribution is -2.33. The van der Waals surface area contributed by atoms with E-state index in [2.05, 4.69) is 4.98 Å². The Kier molecular flexibility index (Phi) is 5.30. The van der Waals surface area contributed by atoms with Gasteiger partial charge in [0.2, 0.25) is 10.0 Å². The monoisotopic (exact) mass is 326 g/mol. The Morgan fingerprint density at radius 3 is 2.52 bits per heavy atom. The van der Waals surface area contributed by atoms with Crippen LogP contribution in [-0.2, 0) is 16.6 Å². The van der Waals surface area contributed by atoms with Gasteiger partial charge in [-0.05, 0) is 17.7 Å². The first-order valence-corrected chi connectivity index (χ1v) is 8.12. The predicted molar refractivity (Wildman–Crippen MR) is 80.4 cm³/mol. The second kappa shape index (κ2) is 7.00. The fourth-order valence-electron chi connectivity index (χ4n) is 1.88. The molecule has 1 N–H and O–H groups in total. The van der Waals surface area contributed by atoms with Gasteiger partial charge in [0.05, 0.1) is 11.5 Å². The van der Waals surface area contributed by atoms with E-state index in [9.17, 15) is 8.42 Å². The van der Waals surface area contributed by atoms with Gasteiger partial charge in [0, 0.05) is 19.3 Å². The highest BCUT2D eigenvalue weighted by molar-refractivity contribution is 7.89. The Morgan fingerprint density at radius 1 is 1.19 bits per heavy atom. The van der Waals surface area contributed by atoms with Gasteiger partial charge in [-0.15, -0.1) is 0 Å². The lowest BCUT2D eigenvalue weighted by Gasteiger charge is -2.21. The van der Waals surface area contributed by atoms with Crippen molar-refractivity contribution in [1.29, 1.82) is 0 Å². The summed E-state index contributed by atoms with van der Waals surface area (Å²) in [6.07, 6.45) is 1.34. The number of hydrogen-bond donors (Lipinski definition) is 1. The molecule has 1 heterocycles. The fourth-order valence-corrected chi connectivity index (χ4v) is 3.55. The van der Waals surface area contributed by atoms with Crippen LogP contribution in [0.4, 0.5) is 0 Å². The maximum Gasteiger partial charge on any atom is 0.243 e. The summed E-state index contributed by atoms with van der Waals surface area (Å²) in [5, 5.41) is 9.25. The first kappa shape index (κ1) is 15.9. The average molecular weight is 327 g/mol. The van der Waals surface area contributed by atoms with Crippen LogP contribution in [0.25, 0.3) is 0 Å². The number of sulfonamides is 1. The molecule has 5 nitrogen and oxygen atoms in total. The van der Waals surface area contributed by atoms with Crippen molar-refractivity contribution in [3.05, 3.63) is 59.4 Å². The largest absolute Gasteiger partial charge is 0.395 e. The predicted octanol–water partition coefficient (Wildman–Crippen LogP) is 1.92. The maximum atomic E-state index is 12.6. The smallest absolute Gasteiger partial charge is 0.243 e. The third-order valence-corrected chi connectivity index (χ3v) is 4.93. The van der Waals surface area contributed by atoms with Gasteiger partial charge in [-0.2, -0.15) is 4.31 Å². The number of rotatable bonds is 6. The third kappa shape index (κ3) is 4.01. The molecule has 1 aromatic carbocycles. The van der Waals surface area contributed by atoms with E-state index in [1.54, 1.807) is 0 Å². The minimum atomic E-state index is -3.74. The van der Waals surface area contributed by atoms with Crippen LogP contribution < -0.4 is 0 Å². The quantitative estimate of drug-likeness (QED) is 0.823. The molecule has 21 heavy (non-hydrogen) atoms. The summed E-state index contributed by atoms with van der Waals surface area (Å²) in [4.78, 5) is 3.84. The molecule has 2 aromatic rings. The summed E-state index contributed by atoms with van der Waals surface area (Å²) in [7, 11) is -3.74. The van der Waals surface area contributed by atoms with Crippen molar-refractivity contribution in [2.45, 2.75) is 11.4 Å². The number of hydrogen-bond acceptors (Lipinski definition) is 4. The number of pyridine rings is 1. The first-order valence-electron chi connectivity index (χ1n) is 6.30. The molecule has 0 atom stereocenters. The molecule has 1 aromatic heterocycles. The molecule has 112 valence electrons. The van der Waals surface area contributed by atoms with Gasteiger partial charge in [0.15, 0.2) is 0 Å². The standard InChI is InChI=1S/C14H15ClN2O3S/c15-14-10-13(6-7-16-14)21(19,20)17(8-9-18)11-12-4-2-1-3-5-12/h1-7,10,18H,8-9,11H2. The minimum absolute atomic E-state index is 0.0111. The number of nitrogens with zero attached hydrogens (tertiary/aromatic N) is 2. The second-order valence-electron chi connectivity index (χ2n) is 4.36. The number of aromatic nitrogens is 1. The molecule has 0 fully saturated rings. The molecule has 0 spiro atoms. The molecule has 0 unspecified atom stereocenters. The van der Waals surface area contributed by atoms with E-state index in [1.807, 2.05) is 30.3 Å². The van der Waals surface area contributed by atoms with Crippen LogP contribution in [-0.4, -0.2) is 36.0 Å². The van der Waals surface area contributed by atoms with Crippen LogP contribution in [0.3, 0.4) is 0 Å². The fraction of sp³-hybridized carbons (Fsp3) is 0.214. The van der Waals surface area contributed by atoms with Crippen molar-refractivity contribution in [3.63, 3.8) is 0 Å². The van der Waals surface area contributed by atoms with E-state index in [-0.39, 0.29) is 29.7 Å². The number of aliphatic hydroxyl groups excluding tert-OH is 1. The SMILES string of the molecule is O=S(=O)(c1ccnc(Cl)c1)N(CCO)Cc1ccccc1. The molecular weight excluding hydrogens is 312 g/mol.